The number of rotatable bonds is 2. The summed E-state index contributed by atoms with van der Waals surface area (Å²) in [5.74, 6) is 0.804. The van der Waals surface area contributed by atoms with Gasteiger partial charge >= 0.3 is 0 Å². The zero-order valence-electron chi connectivity index (χ0n) is 8.31. The SMILES string of the molecule is Br[C@@H]1C2CN(Cc3ccccc3)C1[C@H]2Br. The van der Waals surface area contributed by atoms with Crippen LogP contribution in [0.1, 0.15) is 5.56 Å². The van der Waals surface area contributed by atoms with Crippen molar-refractivity contribution in [3.8, 4) is 0 Å². The van der Waals surface area contributed by atoms with E-state index in [1.54, 1.807) is 0 Å². The third-order valence-corrected chi connectivity index (χ3v) is 6.01. The molecule has 2 aliphatic heterocycles. The smallest absolute Gasteiger partial charge is 0.0364 e. The van der Waals surface area contributed by atoms with E-state index in [0.29, 0.717) is 15.7 Å². The molecule has 1 aromatic carbocycles. The summed E-state index contributed by atoms with van der Waals surface area (Å²) >= 11 is 7.55. The molecule has 0 aromatic heterocycles. The van der Waals surface area contributed by atoms with Crippen LogP contribution in [0, 0.1) is 5.92 Å². The molecule has 1 saturated carbocycles. The molecule has 3 heteroatoms. The summed E-state index contributed by atoms with van der Waals surface area (Å²) in [7, 11) is 0. The largest absolute Gasteiger partial charge is 0.294 e. The quantitative estimate of drug-likeness (QED) is 0.753. The highest BCUT2D eigenvalue weighted by Crippen LogP contribution is 2.50. The number of fused-ring (bicyclic) bond motifs is 1. The molecule has 0 N–H and O–H groups in total. The van der Waals surface area contributed by atoms with Gasteiger partial charge in [-0.05, 0) is 11.5 Å². The van der Waals surface area contributed by atoms with E-state index in [1.807, 2.05) is 0 Å². The van der Waals surface area contributed by atoms with Gasteiger partial charge in [0.2, 0.25) is 0 Å². The lowest BCUT2D eigenvalue weighted by atomic mass is 9.86. The van der Waals surface area contributed by atoms with E-state index < -0.39 is 0 Å². The minimum atomic E-state index is 0.690. The van der Waals surface area contributed by atoms with Gasteiger partial charge in [0, 0.05) is 28.8 Å². The predicted molar refractivity (Wildman–Crippen MR) is 69.6 cm³/mol. The summed E-state index contributed by atoms with van der Waals surface area (Å²) in [6.07, 6.45) is 0. The molecule has 0 radical (unpaired) electrons. The molecule has 80 valence electrons. The highest BCUT2D eigenvalue weighted by Gasteiger charge is 2.57. The second kappa shape index (κ2) is 3.86. The Bertz CT molecular complexity index is 344. The number of halogens is 2. The van der Waals surface area contributed by atoms with Crippen molar-refractivity contribution in [3.05, 3.63) is 35.9 Å². The van der Waals surface area contributed by atoms with Crippen molar-refractivity contribution in [2.45, 2.75) is 22.2 Å². The van der Waals surface area contributed by atoms with Gasteiger partial charge in [-0.15, -0.1) is 0 Å². The highest BCUT2D eigenvalue weighted by atomic mass is 79.9. The molecule has 2 bridgehead atoms. The van der Waals surface area contributed by atoms with Crippen LogP contribution < -0.4 is 0 Å². The fraction of sp³-hybridized carbons (Fsp3) is 0.500. The van der Waals surface area contributed by atoms with Crippen LogP contribution in [0.15, 0.2) is 30.3 Å². The molecule has 0 spiro atoms. The van der Waals surface area contributed by atoms with Crippen molar-refractivity contribution >= 4 is 31.9 Å². The Balaban J connectivity index is 1.71. The monoisotopic (exact) mass is 329 g/mol. The summed E-state index contributed by atoms with van der Waals surface area (Å²) in [4.78, 5) is 3.98. The third kappa shape index (κ3) is 1.60. The van der Waals surface area contributed by atoms with Crippen molar-refractivity contribution < 1.29 is 0 Å². The standard InChI is InChI=1S/C12H13Br2N/c13-10-9-7-15(12(10)11(9)14)6-8-4-2-1-3-5-8/h1-5,9-12H,6-7H2/t9?,10-,11+,12?. The minimum Gasteiger partial charge on any atom is -0.294 e. The Morgan fingerprint density at radius 2 is 1.80 bits per heavy atom. The lowest BCUT2D eigenvalue weighted by Crippen LogP contribution is -2.49. The Labute approximate surface area is 107 Å². The van der Waals surface area contributed by atoms with Crippen molar-refractivity contribution in [2.24, 2.45) is 5.92 Å². The van der Waals surface area contributed by atoms with Crippen LogP contribution in [-0.4, -0.2) is 27.1 Å². The Kier molecular flexibility index (Phi) is 2.65. The van der Waals surface area contributed by atoms with E-state index in [0.717, 1.165) is 12.5 Å². The summed E-state index contributed by atoms with van der Waals surface area (Å²) in [6, 6.07) is 11.4. The molecule has 1 aromatic rings. The Morgan fingerprint density at radius 3 is 2.33 bits per heavy atom. The lowest BCUT2D eigenvalue weighted by Gasteiger charge is -2.38. The van der Waals surface area contributed by atoms with Crippen LogP contribution in [0.4, 0.5) is 0 Å². The van der Waals surface area contributed by atoms with Gasteiger partial charge in [0.05, 0.1) is 0 Å². The van der Waals surface area contributed by atoms with E-state index in [4.69, 9.17) is 0 Å². The second-order valence-electron chi connectivity index (χ2n) is 4.46. The molecule has 3 aliphatic rings. The van der Waals surface area contributed by atoms with E-state index in [2.05, 4.69) is 67.1 Å². The molecule has 2 heterocycles. The first-order chi connectivity index (χ1) is 7.27. The predicted octanol–water partition coefficient (Wildman–Crippen LogP) is 3.03. The van der Waals surface area contributed by atoms with Gasteiger partial charge in [-0.2, -0.15) is 0 Å². The molecule has 1 nitrogen and oxygen atoms in total. The van der Waals surface area contributed by atoms with Crippen molar-refractivity contribution in [1.82, 2.24) is 4.90 Å². The van der Waals surface area contributed by atoms with E-state index >= 15 is 0 Å². The Hall–Kier alpha value is 0.140. The van der Waals surface area contributed by atoms with Gasteiger partial charge in [0.25, 0.3) is 0 Å². The van der Waals surface area contributed by atoms with Gasteiger partial charge in [-0.3, -0.25) is 4.90 Å². The van der Waals surface area contributed by atoms with Crippen LogP contribution in [0.5, 0.6) is 0 Å². The number of hydrogen-bond acceptors (Lipinski definition) is 1. The highest BCUT2D eigenvalue weighted by molar-refractivity contribution is 9.10. The first kappa shape index (κ1) is 10.3. The van der Waals surface area contributed by atoms with Crippen LogP contribution >= 0.6 is 31.9 Å². The van der Waals surface area contributed by atoms with Gasteiger partial charge in [-0.25, -0.2) is 0 Å². The maximum atomic E-state index is 3.78. The first-order valence-electron chi connectivity index (χ1n) is 5.33. The molecular weight excluding hydrogens is 318 g/mol. The first-order valence-corrected chi connectivity index (χ1v) is 7.16. The van der Waals surface area contributed by atoms with Crippen molar-refractivity contribution in [1.29, 1.82) is 0 Å². The zero-order chi connectivity index (χ0) is 10.4. The van der Waals surface area contributed by atoms with E-state index in [1.165, 1.54) is 12.1 Å². The Morgan fingerprint density at radius 1 is 1.13 bits per heavy atom. The summed E-state index contributed by atoms with van der Waals surface area (Å²) in [5.41, 5.74) is 1.42. The summed E-state index contributed by atoms with van der Waals surface area (Å²) in [5, 5.41) is 0. The van der Waals surface area contributed by atoms with Crippen LogP contribution in [0.25, 0.3) is 0 Å². The van der Waals surface area contributed by atoms with Gasteiger partial charge in [-0.1, -0.05) is 62.2 Å². The van der Waals surface area contributed by atoms with E-state index in [9.17, 15) is 0 Å². The number of hydrogen-bond donors (Lipinski definition) is 0. The average Bonchev–Trinajstić information content (AvgIpc) is 2.75. The maximum Gasteiger partial charge on any atom is 0.0364 e. The molecule has 1 aliphatic carbocycles. The van der Waals surface area contributed by atoms with Gasteiger partial charge < -0.3 is 0 Å². The van der Waals surface area contributed by atoms with Gasteiger partial charge in [0.15, 0.2) is 0 Å². The molecular formula is C12H13Br2N. The topological polar surface area (TPSA) is 3.24 Å². The molecule has 2 unspecified atom stereocenters. The average molecular weight is 331 g/mol. The normalized spacial score (nSPS) is 39.1. The summed E-state index contributed by atoms with van der Waals surface area (Å²) < 4.78 is 0. The molecule has 15 heavy (non-hydrogen) atoms. The van der Waals surface area contributed by atoms with Crippen LogP contribution in [0.2, 0.25) is 0 Å². The zero-order valence-corrected chi connectivity index (χ0v) is 11.5. The van der Waals surface area contributed by atoms with Crippen molar-refractivity contribution in [2.75, 3.05) is 6.54 Å². The molecule has 3 fully saturated rings. The number of benzene rings is 1. The second-order valence-corrected chi connectivity index (χ2v) is 6.57. The lowest BCUT2D eigenvalue weighted by molar-refractivity contribution is 0.259. The molecule has 4 atom stereocenters. The van der Waals surface area contributed by atoms with Crippen molar-refractivity contribution in [3.63, 3.8) is 0 Å². The van der Waals surface area contributed by atoms with Crippen LogP contribution in [0.3, 0.4) is 0 Å². The third-order valence-electron chi connectivity index (χ3n) is 3.57. The van der Waals surface area contributed by atoms with Gasteiger partial charge in [0.1, 0.15) is 0 Å². The maximum absolute atomic E-state index is 3.78. The number of nitrogens with zero attached hydrogens (tertiary/aromatic N) is 1. The fourth-order valence-electron chi connectivity index (χ4n) is 2.70. The summed E-state index contributed by atoms with van der Waals surface area (Å²) in [6.45, 7) is 2.32. The van der Waals surface area contributed by atoms with E-state index in [-0.39, 0.29) is 0 Å². The fourth-order valence-corrected chi connectivity index (χ4v) is 5.83. The van der Waals surface area contributed by atoms with Crippen LogP contribution in [-0.2, 0) is 6.54 Å². The molecule has 2 saturated heterocycles. The molecule has 0 amide bonds. The number of alkyl halides is 2. The molecule has 4 rings (SSSR count). The minimum absolute atomic E-state index is 0.690.